The summed E-state index contributed by atoms with van der Waals surface area (Å²) in [6, 6.07) is 13.4. The lowest BCUT2D eigenvalue weighted by Gasteiger charge is -2.37. The van der Waals surface area contributed by atoms with Crippen LogP contribution in [0.1, 0.15) is 44.1 Å². The Labute approximate surface area is 191 Å². The maximum absolute atomic E-state index is 12.6. The first-order valence-electron chi connectivity index (χ1n) is 11.1. The van der Waals surface area contributed by atoms with Crippen molar-refractivity contribution in [1.29, 1.82) is 0 Å². The normalized spacial score (nSPS) is 14.9. The Balaban J connectivity index is 1.44. The predicted octanol–water partition coefficient (Wildman–Crippen LogP) is 4.30. The van der Waals surface area contributed by atoms with Crippen LogP contribution in [0.25, 0.3) is 0 Å². The molecule has 3 rings (SSSR count). The van der Waals surface area contributed by atoms with E-state index in [1.807, 2.05) is 30.3 Å². The van der Waals surface area contributed by atoms with Gasteiger partial charge in [-0.2, -0.15) is 0 Å². The molecule has 1 saturated heterocycles. The van der Waals surface area contributed by atoms with Crippen LogP contribution in [0.2, 0.25) is 0 Å². The summed E-state index contributed by atoms with van der Waals surface area (Å²) in [5.41, 5.74) is 0.0169. The number of anilines is 1. The van der Waals surface area contributed by atoms with Crippen molar-refractivity contribution in [3.8, 4) is 0 Å². The van der Waals surface area contributed by atoms with Crippen LogP contribution in [-0.2, 0) is 15.1 Å². The maximum atomic E-state index is 12.6. The Morgan fingerprint density at radius 2 is 1.73 bits per heavy atom. The van der Waals surface area contributed by atoms with E-state index in [1.54, 1.807) is 0 Å². The molecule has 0 radical (unpaired) electrons. The molecule has 0 aliphatic carbocycles. The number of nitrogens with zero attached hydrogens (tertiary/aromatic N) is 2. The number of ether oxygens (including phenoxy) is 1. The van der Waals surface area contributed by atoms with Crippen LogP contribution >= 0.6 is 0 Å². The second-order valence-corrected chi connectivity index (χ2v) is 8.04. The van der Waals surface area contributed by atoms with Gasteiger partial charge >= 0.3 is 5.97 Å². The third-order valence-corrected chi connectivity index (χ3v) is 5.78. The van der Waals surface area contributed by atoms with Gasteiger partial charge in [-0.1, -0.05) is 36.8 Å². The van der Waals surface area contributed by atoms with E-state index in [9.17, 15) is 25.0 Å². The minimum Gasteiger partial charge on any atom is -0.454 e. The third-order valence-electron chi connectivity index (χ3n) is 5.78. The number of non-ortho nitro benzene ring substituents is 1. The van der Waals surface area contributed by atoms with Crippen LogP contribution in [0.5, 0.6) is 0 Å². The van der Waals surface area contributed by atoms with Crippen molar-refractivity contribution in [3.63, 3.8) is 0 Å². The summed E-state index contributed by atoms with van der Waals surface area (Å²) in [6.45, 7) is 2.04. The summed E-state index contributed by atoms with van der Waals surface area (Å²) in [6.07, 6.45) is 3.85. The number of nitro groups is 2. The number of unbranched alkanes of at least 4 members (excludes halogenated alkanes) is 2. The number of benzene rings is 2. The van der Waals surface area contributed by atoms with Crippen LogP contribution in [0.4, 0.5) is 17.1 Å². The lowest BCUT2D eigenvalue weighted by Crippen LogP contribution is -2.43. The van der Waals surface area contributed by atoms with Gasteiger partial charge in [0.2, 0.25) is 0 Å². The van der Waals surface area contributed by atoms with Gasteiger partial charge in [-0.05, 0) is 37.6 Å². The Morgan fingerprint density at radius 1 is 1.00 bits per heavy atom. The molecule has 176 valence electrons. The molecular formula is C23H28N4O6. The predicted molar refractivity (Wildman–Crippen MR) is 123 cm³/mol. The van der Waals surface area contributed by atoms with Crippen LogP contribution in [-0.4, -0.2) is 35.5 Å². The van der Waals surface area contributed by atoms with E-state index >= 15 is 0 Å². The summed E-state index contributed by atoms with van der Waals surface area (Å²) in [7, 11) is 0. The third kappa shape index (κ3) is 6.48. The van der Waals surface area contributed by atoms with Gasteiger partial charge in [-0.3, -0.25) is 25.0 Å². The highest BCUT2D eigenvalue weighted by molar-refractivity contribution is 5.70. The summed E-state index contributed by atoms with van der Waals surface area (Å²) in [4.78, 5) is 33.3. The minimum atomic E-state index is -0.665. The number of carbonyl (C=O) groups excluding carboxylic acids is 1. The van der Waals surface area contributed by atoms with Gasteiger partial charge in [0, 0.05) is 31.9 Å². The number of carbonyl (C=O) groups is 1. The van der Waals surface area contributed by atoms with Crippen molar-refractivity contribution in [2.24, 2.45) is 0 Å². The SMILES string of the molecule is O=C(CCCCCNc1ccc([N+](=O)[O-])cc1[N+](=O)[O-])OC1(c2ccccc2)CCNCC1. The summed E-state index contributed by atoms with van der Waals surface area (Å²) in [5, 5.41) is 28.3. The van der Waals surface area contributed by atoms with E-state index in [-0.39, 0.29) is 23.0 Å². The van der Waals surface area contributed by atoms with E-state index in [0.29, 0.717) is 25.8 Å². The molecule has 1 fully saturated rings. The van der Waals surface area contributed by atoms with E-state index in [0.717, 1.165) is 44.0 Å². The van der Waals surface area contributed by atoms with Gasteiger partial charge in [0.1, 0.15) is 11.3 Å². The minimum absolute atomic E-state index is 0.222. The fourth-order valence-corrected chi connectivity index (χ4v) is 4.02. The van der Waals surface area contributed by atoms with Crippen LogP contribution in [0.15, 0.2) is 48.5 Å². The van der Waals surface area contributed by atoms with Crippen molar-refractivity contribution < 1.29 is 19.4 Å². The molecule has 0 aromatic heterocycles. The fourth-order valence-electron chi connectivity index (χ4n) is 4.02. The molecule has 10 nitrogen and oxygen atoms in total. The number of esters is 1. The van der Waals surface area contributed by atoms with Gasteiger partial charge in [-0.15, -0.1) is 0 Å². The highest BCUT2D eigenvalue weighted by Gasteiger charge is 2.37. The Kier molecular flexibility index (Phi) is 8.31. The molecule has 2 N–H and O–H groups in total. The molecule has 0 saturated carbocycles. The summed E-state index contributed by atoms with van der Waals surface area (Å²) in [5.74, 6) is -0.222. The number of nitrogens with one attached hydrogen (secondary N) is 2. The first-order valence-corrected chi connectivity index (χ1v) is 11.1. The Morgan fingerprint density at radius 3 is 2.39 bits per heavy atom. The van der Waals surface area contributed by atoms with Gasteiger partial charge < -0.3 is 15.4 Å². The molecule has 33 heavy (non-hydrogen) atoms. The molecule has 0 amide bonds. The molecular weight excluding hydrogens is 428 g/mol. The molecule has 0 spiro atoms. The lowest BCUT2D eigenvalue weighted by molar-refractivity contribution is -0.393. The monoisotopic (exact) mass is 456 g/mol. The molecule has 0 unspecified atom stereocenters. The van der Waals surface area contributed by atoms with Gasteiger partial charge in [0.15, 0.2) is 0 Å². The standard InChI is InChI=1S/C23H28N4O6/c28-22(33-23(12-15-24-16-13-23)18-7-3-1-4-8-18)9-5-2-6-14-25-20-11-10-19(26(29)30)17-21(20)27(31)32/h1,3-4,7-8,10-11,17,24-25H,2,5-6,9,12-16H2. The van der Waals surface area contributed by atoms with Crippen molar-refractivity contribution >= 4 is 23.0 Å². The number of hydrogen-bond donors (Lipinski definition) is 2. The average molecular weight is 456 g/mol. The number of rotatable bonds is 11. The molecule has 2 aromatic carbocycles. The summed E-state index contributed by atoms with van der Waals surface area (Å²) < 4.78 is 5.99. The van der Waals surface area contributed by atoms with Crippen molar-refractivity contribution in [3.05, 3.63) is 74.3 Å². The van der Waals surface area contributed by atoms with Crippen LogP contribution < -0.4 is 10.6 Å². The van der Waals surface area contributed by atoms with E-state index in [1.165, 1.54) is 12.1 Å². The van der Waals surface area contributed by atoms with E-state index in [4.69, 9.17) is 4.74 Å². The second kappa shape index (κ2) is 11.4. The number of hydrogen-bond acceptors (Lipinski definition) is 8. The Hall–Kier alpha value is -3.53. The van der Waals surface area contributed by atoms with Crippen molar-refractivity contribution in [2.45, 2.75) is 44.1 Å². The Bertz CT molecular complexity index is 976. The molecule has 2 aromatic rings. The number of piperidine rings is 1. The molecule has 0 bridgehead atoms. The van der Waals surface area contributed by atoms with Gasteiger partial charge in [-0.25, -0.2) is 0 Å². The zero-order valence-electron chi connectivity index (χ0n) is 18.3. The average Bonchev–Trinajstić information content (AvgIpc) is 2.82. The topological polar surface area (TPSA) is 137 Å². The highest BCUT2D eigenvalue weighted by Crippen LogP contribution is 2.35. The fraction of sp³-hybridized carbons (Fsp3) is 0.435. The quantitative estimate of drug-likeness (QED) is 0.221. The van der Waals surface area contributed by atoms with E-state index in [2.05, 4.69) is 10.6 Å². The van der Waals surface area contributed by atoms with Gasteiger partial charge in [0.25, 0.3) is 11.4 Å². The van der Waals surface area contributed by atoms with Crippen LogP contribution in [0.3, 0.4) is 0 Å². The highest BCUT2D eigenvalue weighted by atomic mass is 16.6. The molecule has 1 heterocycles. The maximum Gasteiger partial charge on any atom is 0.306 e. The molecule has 1 aliphatic heterocycles. The largest absolute Gasteiger partial charge is 0.454 e. The summed E-state index contributed by atoms with van der Waals surface area (Å²) >= 11 is 0. The second-order valence-electron chi connectivity index (χ2n) is 8.04. The zero-order valence-corrected chi connectivity index (χ0v) is 18.3. The van der Waals surface area contributed by atoms with Crippen LogP contribution in [0, 0.1) is 20.2 Å². The van der Waals surface area contributed by atoms with E-state index < -0.39 is 15.4 Å². The molecule has 10 heteroatoms. The zero-order chi connectivity index (χ0) is 23.7. The van der Waals surface area contributed by atoms with Crippen molar-refractivity contribution in [1.82, 2.24) is 5.32 Å². The molecule has 0 atom stereocenters. The first-order chi connectivity index (χ1) is 15.9. The smallest absolute Gasteiger partial charge is 0.306 e. The van der Waals surface area contributed by atoms with Gasteiger partial charge in [0.05, 0.1) is 15.9 Å². The molecule has 1 aliphatic rings. The first kappa shape index (κ1) is 24.1. The lowest BCUT2D eigenvalue weighted by atomic mass is 9.84. The number of nitro benzene ring substituents is 2. The van der Waals surface area contributed by atoms with Crippen molar-refractivity contribution in [2.75, 3.05) is 25.0 Å².